The average Bonchev–Trinajstić information content (AvgIpc) is 2.80. The van der Waals surface area contributed by atoms with E-state index in [2.05, 4.69) is 15.6 Å². The number of fused-ring (bicyclic) bond motifs is 1. The van der Waals surface area contributed by atoms with Crippen molar-refractivity contribution in [3.8, 4) is 11.5 Å². The Kier molecular flexibility index (Phi) is 6.31. The molecule has 0 spiro atoms. The van der Waals surface area contributed by atoms with Gasteiger partial charge in [0.1, 0.15) is 23.8 Å². The highest BCUT2D eigenvalue weighted by Gasteiger charge is 2.08. The van der Waals surface area contributed by atoms with E-state index in [0.29, 0.717) is 40.8 Å². The second-order valence-electron chi connectivity index (χ2n) is 6.84. The monoisotopic (exact) mass is 430 g/mol. The van der Waals surface area contributed by atoms with Crippen molar-refractivity contribution in [2.75, 3.05) is 17.2 Å². The van der Waals surface area contributed by atoms with Gasteiger partial charge in [0.15, 0.2) is 0 Å². The van der Waals surface area contributed by atoms with Gasteiger partial charge in [-0.2, -0.15) is 0 Å². The van der Waals surface area contributed by atoms with Crippen molar-refractivity contribution >= 4 is 23.1 Å². The maximum absolute atomic E-state index is 12.3. The lowest BCUT2D eigenvalue weighted by atomic mass is 10.3. The van der Waals surface area contributed by atoms with Crippen LogP contribution in [0.5, 0.6) is 11.5 Å². The first-order chi connectivity index (χ1) is 15.6. The Morgan fingerprint density at radius 2 is 1.75 bits per heavy atom. The van der Waals surface area contributed by atoms with Gasteiger partial charge in [0.05, 0.1) is 18.0 Å². The molecule has 0 unspecified atom stereocenters. The van der Waals surface area contributed by atoms with Crippen LogP contribution in [0.2, 0.25) is 0 Å². The molecular formula is C24H22N4O4. The number of aromatic nitrogens is 2. The molecule has 162 valence electrons. The van der Waals surface area contributed by atoms with E-state index in [1.165, 1.54) is 10.5 Å². The van der Waals surface area contributed by atoms with Crippen LogP contribution < -0.4 is 25.7 Å². The number of amides is 2. The summed E-state index contributed by atoms with van der Waals surface area (Å²) in [6.07, 6.45) is 1.67. The van der Waals surface area contributed by atoms with E-state index < -0.39 is 0 Å². The van der Waals surface area contributed by atoms with Gasteiger partial charge >= 0.3 is 6.03 Å². The second kappa shape index (κ2) is 9.65. The summed E-state index contributed by atoms with van der Waals surface area (Å²) in [7, 11) is 0. The Labute approximate surface area is 184 Å². The molecular weight excluding hydrogens is 408 g/mol. The van der Waals surface area contributed by atoms with Crippen molar-refractivity contribution in [1.29, 1.82) is 0 Å². The molecule has 0 bridgehead atoms. The summed E-state index contributed by atoms with van der Waals surface area (Å²) in [5.41, 5.74) is 2.13. The molecule has 2 heterocycles. The number of carbonyl (C=O) groups is 1. The lowest BCUT2D eigenvalue weighted by molar-refractivity contribution is 0.262. The van der Waals surface area contributed by atoms with Gasteiger partial charge in [0, 0.05) is 18.0 Å². The first-order valence-corrected chi connectivity index (χ1v) is 10.1. The van der Waals surface area contributed by atoms with E-state index >= 15 is 0 Å². The smallest absolute Gasteiger partial charge is 0.323 e. The number of ether oxygens (including phenoxy) is 2. The van der Waals surface area contributed by atoms with E-state index in [4.69, 9.17) is 9.47 Å². The van der Waals surface area contributed by atoms with Crippen molar-refractivity contribution in [2.24, 2.45) is 0 Å². The van der Waals surface area contributed by atoms with E-state index in [9.17, 15) is 9.59 Å². The zero-order valence-corrected chi connectivity index (χ0v) is 17.4. The number of nitrogens with one attached hydrogen (secondary N) is 2. The average molecular weight is 430 g/mol. The highest BCUT2D eigenvalue weighted by molar-refractivity contribution is 6.00. The fourth-order valence-electron chi connectivity index (χ4n) is 3.10. The van der Waals surface area contributed by atoms with E-state index in [0.717, 1.165) is 0 Å². The molecule has 0 fully saturated rings. The lowest BCUT2D eigenvalue weighted by Gasteiger charge is -2.12. The van der Waals surface area contributed by atoms with Gasteiger partial charge in [0.2, 0.25) is 0 Å². The number of nitrogens with zero attached hydrogens (tertiary/aromatic N) is 2. The molecule has 0 saturated carbocycles. The summed E-state index contributed by atoms with van der Waals surface area (Å²) in [5.74, 6) is 1.20. The van der Waals surface area contributed by atoms with Crippen LogP contribution in [0.15, 0.2) is 83.8 Å². The predicted octanol–water partition coefficient (Wildman–Crippen LogP) is 4.32. The number of hydrogen-bond donors (Lipinski definition) is 2. The Hall–Kier alpha value is -4.33. The molecule has 2 aromatic heterocycles. The van der Waals surface area contributed by atoms with Gasteiger partial charge in [-0.25, -0.2) is 9.78 Å². The van der Waals surface area contributed by atoms with Crippen molar-refractivity contribution in [1.82, 2.24) is 9.38 Å². The first kappa shape index (κ1) is 20.9. The summed E-state index contributed by atoms with van der Waals surface area (Å²) in [4.78, 5) is 28.9. The third-order valence-electron chi connectivity index (χ3n) is 4.56. The lowest BCUT2D eigenvalue weighted by Crippen LogP contribution is -2.19. The van der Waals surface area contributed by atoms with Gasteiger partial charge in [-0.3, -0.25) is 9.20 Å². The maximum atomic E-state index is 12.3. The normalized spacial score (nSPS) is 10.5. The van der Waals surface area contributed by atoms with Crippen LogP contribution in [0.4, 0.5) is 16.2 Å². The van der Waals surface area contributed by atoms with Gasteiger partial charge < -0.3 is 20.1 Å². The number of benzene rings is 2. The Morgan fingerprint density at radius 3 is 2.56 bits per heavy atom. The fraction of sp³-hybridized carbons (Fsp3) is 0.125. The fourth-order valence-corrected chi connectivity index (χ4v) is 3.10. The number of para-hydroxylation sites is 2. The van der Waals surface area contributed by atoms with Crippen LogP contribution in [0.3, 0.4) is 0 Å². The summed E-state index contributed by atoms with van der Waals surface area (Å²) in [6.45, 7) is 2.54. The number of carbonyl (C=O) groups excluding carboxylic acids is 1. The largest absolute Gasteiger partial charge is 0.492 e. The Morgan fingerprint density at radius 1 is 0.969 bits per heavy atom. The molecule has 0 radical (unpaired) electrons. The molecule has 0 aliphatic heterocycles. The zero-order chi connectivity index (χ0) is 22.3. The third-order valence-corrected chi connectivity index (χ3v) is 4.56. The number of urea groups is 1. The number of rotatable bonds is 7. The maximum Gasteiger partial charge on any atom is 0.323 e. The van der Waals surface area contributed by atoms with Crippen LogP contribution in [0.25, 0.3) is 5.65 Å². The minimum atomic E-state index is -0.383. The molecule has 0 atom stereocenters. The van der Waals surface area contributed by atoms with E-state index in [1.807, 2.05) is 25.1 Å². The topological polar surface area (TPSA) is 94.0 Å². The molecule has 2 aromatic carbocycles. The standard InChI is InChI=1S/C24H22N4O4/c1-2-31-21-8-4-3-7-20(21)27-24(30)26-17-10-12-19(13-11-17)32-16-18-15-23(29)28-14-6-5-9-22(28)25-18/h3-15H,2,16H2,1H3,(H2,26,27,30). The molecule has 0 saturated heterocycles. The van der Waals surface area contributed by atoms with E-state index in [-0.39, 0.29) is 18.2 Å². The van der Waals surface area contributed by atoms with Crippen molar-refractivity contribution in [3.05, 3.63) is 95.0 Å². The quantitative estimate of drug-likeness (QED) is 0.456. The Bertz CT molecular complexity index is 1290. The molecule has 4 rings (SSSR count). The van der Waals surface area contributed by atoms with Crippen LogP contribution in [-0.4, -0.2) is 22.0 Å². The van der Waals surface area contributed by atoms with Crippen LogP contribution in [0, 0.1) is 0 Å². The summed E-state index contributed by atoms with van der Waals surface area (Å²) in [6, 6.07) is 20.6. The molecule has 0 aliphatic rings. The molecule has 2 amide bonds. The molecule has 4 aromatic rings. The molecule has 8 nitrogen and oxygen atoms in total. The van der Waals surface area contributed by atoms with E-state index in [1.54, 1.807) is 54.7 Å². The van der Waals surface area contributed by atoms with Gasteiger partial charge in [-0.15, -0.1) is 0 Å². The molecule has 2 N–H and O–H groups in total. The van der Waals surface area contributed by atoms with Gasteiger partial charge in [-0.1, -0.05) is 18.2 Å². The van der Waals surface area contributed by atoms with Crippen molar-refractivity contribution in [2.45, 2.75) is 13.5 Å². The van der Waals surface area contributed by atoms with Crippen molar-refractivity contribution in [3.63, 3.8) is 0 Å². The second-order valence-corrected chi connectivity index (χ2v) is 6.84. The Balaban J connectivity index is 1.35. The molecule has 0 aliphatic carbocycles. The number of pyridine rings is 1. The highest BCUT2D eigenvalue weighted by atomic mass is 16.5. The van der Waals surface area contributed by atoms with Crippen LogP contribution in [-0.2, 0) is 6.61 Å². The first-order valence-electron chi connectivity index (χ1n) is 10.1. The predicted molar refractivity (Wildman–Crippen MR) is 122 cm³/mol. The number of anilines is 2. The van der Waals surface area contributed by atoms with Crippen LogP contribution in [0.1, 0.15) is 12.6 Å². The minimum Gasteiger partial charge on any atom is -0.492 e. The summed E-state index contributed by atoms with van der Waals surface area (Å²) >= 11 is 0. The minimum absolute atomic E-state index is 0.155. The third kappa shape index (κ3) is 5.04. The summed E-state index contributed by atoms with van der Waals surface area (Å²) < 4.78 is 12.7. The summed E-state index contributed by atoms with van der Waals surface area (Å²) in [5, 5.41) is 5.55. The SMILES string of the molecule is CCOc1ccccc1NC(=O)Nc1ccc(OCc2cc(=O)n3ccccc3n2)cc1. The highest BCUT2D eigenvalue weighted by Crippen LogP contribution is 2.24. The molecule has 8 heteroatoms. The van der Waals surface area contributed by atoms with Gasteiger partial charge in [-0.05, 0) is 55.5 Å². The zero-order valence-electron chi connectivity index (χ0n) is 17.4. The van der Waals surface area contributed by atoms with Gasteiger partial charge in [0.25, 0.3) is 5.56 Å². The van der Waals surface area contributed by atoms with Crippen molar-refractivity contribution < 1.29 is 14.3 Å². The number of hydrogen-bond acceptors (Lipinski definition) is 5. The molecule has 32 heavy (non-hydrogen) atoms. The van der Waals surface area contributed by atoms with Crippen LogP contribution >= 0.6 is 0 Å².